The Kier molecular flexibility index (Phi) is 2.96. The summed E-state index contributed by atoms with van der Waals surface area (Å²) in [5.74, 6) is 2.51. The molecule has 0 amide bonds. The lowest BCUT2D eigenvalue weighted by Gasteiger charge is -2.43. The van der Waals surface area contributed by atoms with Gasteiger partial charge in [-0.3, -0.25) is 0 Å². The van der Waals surface area contributed by atoms with Crippen LogP contribution in [0, 0.1) is 23.7 Å². The van der Waals surface area contributed by atoms with E-state index >= 15 is 0 Å². The van der Waals surface area contributed by atoms with E-state index in [9.17, 15) is 0 Å². The van der Waals surface area contributed by atoms with E-state index in [0.717, 1.165) is 17.3 Å². The molecule has 2 aliphatic carbocycles. The molecule has 4 heteroatoms. The molecule has 110 valence electrons. The zero-order valence-electron chi connectivity index (χ0n) is 13.2. The van der Waals surface area contributed by atoms with Gasteiger partial charge in [0.1, 0.15) is 5.82 Å². The highest BCUT2D eigenvalue weighted by Gasteiger charge is 2.59. The van der Waals surface area contributed by atoms with Crippen LogP contribution in [0.25, 0.3) is 0 Å². The van der Waals surface area contributed by atoms with Gasteiger partial charge in [0.05, 0.1) is 0 Å². The number of fused-ring (bicyclic) bond motifs is 2. The molecule has 20 heavy (non-hydrogen) atoms. The molecule has 2 saturated carbocycles. The lowest BCUT2D eigenvalue weighted by Crippen LogP contribution is -2.46. The molecule has 3 unspecified atom stereocenters. The fourth-order valence-electron chi connectivity index (χ4n) is 4.51. The first-order valence-corrected chi connectivity index (χ1v) is 7.65. The third kappa shape index (κ3) is 1.88. The van der Waals surface area contributed by atoms with Crippen molar-refractivity contribution in [2.45, 2.75) is 53.0 Å². The number of aromatic nitrogens is 2. The molecular weight excluding hydrogens is 248 g/mol. The van der Waals surface area contributed by atoms with Gasteiger partial charge < -0.3 is 10.6 Å². The minimum atomic E-state index is 0.337. The van der Waals surface area contributed by atoms with E-state index < -0.39 is 0 Å². The van der Waals surface area contributed by atoms with E-state index in [2.05, 4.69) is 48.3 Å². The number of nitrogens with zero attached hydrogens (tertiary/aromatic N) is 2. The average molecular weight is 274 g/mol. The Morgan fingerprint density at radius 3 is 2.65 bits per heavy atom. The van der Waals surface area contributed by atoms with E-state index in [4.69, 9.17) is 0 Å². The third-order valence-corrected chi connectivity index (χ3v) is 5.75. The van der Waals surface area contributed by atoms with Crippen molar-refractivity contribution in [1.82, 2.24) is 9.97 Å². The van der Waals surface area contributed by atoms with E-state index in [1.54, 1.807) is 0 Å². The summed E-state index contributed by atoms with van der Waals surface area (Å²) < 4.78 is 0. The first kappa shape index (κ1) is 13.7. The van der Waals surface area contributed by atoms with Crippen LogP contribution in [0.2, 0.25) is 0 Å². The van der Waals surface area contributed by atoms with E-state index in [1.807, 2.05) is 13.2 Å². The van der Waals surface area contributed by atoms with Gasteiger partial charge in [-0.1, -0.05) is 20.8 Å². The number of anilines is 2. The molecule has 0 radical (unpaired) electrons. The number of rotatable bonds is 3. The summed E-state index contributed by atoms with van der Waals surface area (Å²) in [6.07, 6.45) is 5.96. The molecule has 2 N–H and O–H groups in total. The highest BCUT2D eigenvalue weighted by Crippen LogP contribution is 2.63. The first-order chi connectivity index (χ1) is 9.37. The van der Waals surface area contributed by atoms with E-state index in [0.29, 0.717) is 22.8 Å². The first-order valence-electron chi connectivity index (χ1n) is 7.65. The van der Waals surface area contributed by atoms with Gasteiger partial charge in [-0.05, 0) is 42.9 Å². The van der Waals surface area contributed by atoms with Gasteiger partial charge in [0.15, 0.2) is 0 Å². The van der Waals surface area contributed by atoms with Crippen LogP contribution in [0.3, 0.4) is 0 Å². The third-order valence-electron chi connectivity index (χ3n) is 5.75. The lowest BCUT2D eigenvalue weighted by molar-refractivity contribution is 0.155. The van der Waals surface area contributed by atoms with Crippen LogP contribution in [-0.4, -0.2) is 23.1 Å². The van der Waals surface area contributed by atoms with Gasteiger partial charge in [0.25, 0.3) is 0 Å². The maximum Gasteiger partial charge on any atom is 0.224 e. The van der Waals surface area contributed by atoms with Crippen LogP contribution in [-0.2, 0) is 0 Å². The van der Waals surface area contributed by atoms with Gasteiger partial charge in [-0.15, -0.1) is 0 Å². The van der Waals surface area contributed by atoms with Crippen LogP contribution in [0.4, 0.5) is 11.8 Å². The van der Waals surface area contributed by atoms with Crippen molar-refractivity contribution in [3.05, 3.63) is 11.8 Å². The Bertz CT molecular complexity index is 520. The summed E-state index contributed by atoms with van der Waals surface area (Å²) in [6.45, 7) is 9.34. The minimum Gasteiger partial charge on any atom is -0.366 e. The molecule has 1 heterocycles. The topological polar surface area (TPSA) is 49.8 Å². The zero-order chi connectivity index (χ0) is 14.5. The molecule has 3 rings (SSSR count). The van der Waals surface area contributed by atoms with Gasteiger partial charge >= 0.3 is 0 Å². The van der Waals surface area contributed by atoms with Gasteiger partial charge in [0.2, 0.25) is 5.95 Å². The smallest absolute Gasteiger partial charge is 0.224 e. The molecule has 4 nitrogen and oxygen atoms in total. The second kappa shape index (κ2) is 4.34. The normalized spacial score (nSPS) is 34.2. The fraction of sp³-hybridized carbons (Fsp3) is 0.750. The van der Waals surface area contributed by atoms with Gasteiger partial charge in [-0.2, -0.15) is 4.98 Å². The number of hydrogen-bond donors (Lipinski definition) is 2. The largest absolute Gasteiger partial charge is 0.366 e. The SMILES string of the molecule is CNc1ncc(C)c(NC2C3(C)CCC(C3)C2(C)C)n1. The Hall–Kier alpha value is -1.32. The van der Waals surface area contributed by atoms with Crippen LogP contribution < -0.4 is 10.6 Å². The zero-order valence-corrected chi connectivity index (χ0v) is 13.2. The molecule has 0 aliphatic heterocycles. The van der Waals surface area contributed by atoms with Crippen molar-refractivity contribution in [3.8, 4) is 0 Å². The fourth-order valence-corrected chi connectivity index (χ4v) is 4.51. The molecular formula is C16H26N4. The van der Waals surface area contributed by atoms with Crippen LogP contribution in [0.15, 0.2) is 6.20 Å². The van der Waals surface area contributed by atoms with Crippen LogP contribution >= 0.6 is 0 Å². The molecule has 2 aliphatic rings. The summed E-state index contributed by atoms with van der Waals surface area (Å²) in [5, 5.41) is 6.78. The van der Waals surface area contributed by atoms with Crippen molar-refractivity contribution < 1.29 is 0 Å². The molecule has 1 aromatic heterocycles. The summed E-state index contributed by atoms with van der Waals surface area (Å²) in [6, 6.07) is 0.493. The predicted molar refractivity (Wildman–Crippen MR) is 83.0 cm³/mol. The number of nitrogens with one attached hydrogen (secondary N) is 2. The second-order valence-electron chi connectivity index (χ2n) is 7.47. The van der Waals surface area contributed by atoms with Crippen molar-refractivity contribution in [2.75, 3.05) is 17.7 Å². The number of aryl methyl sites for hydroxylation is 1. The van der Waals surface area contributed by atoms with Crippen LogP contribution in [0.5, 0.6) is 0 Å². The maximum absolute atomic E-state index is 4.60. The average Bonchev–Trinajstić information content (AvgIpc) is 2.88. The Morgan fingerprint density at radius 2 is 2.05 bits per heavy atom. The van der Waals surface area contributed by atoms with E-state index in [1.165, 1.54) is 19.3 Å². The molecule has 3 atom stereocenters. The summed E-state index contributed by atoms with van der Waals surface area (Å²) in [7, 11) is 1.86. The Morgan fingerprint density at radius 1 is 1.30 bits per heavy atom. The second-order valence-corrected chi connectivity index (χ2v) is 7.47. The number of hydrogen-bond acceptors (Lipinski definition) is 4. The van der Waals surface area contributed by atoms with Gasteiger partial charge in [0, 0.05) is 24.8 Å². The van der Waals surface area contributed by atoms with Crippen LogP contribution in [0.1, 0.15) is 45.6 Å². The molecule has 1 aromatic rings. The molecule has 0 saturated heterocycles. The van der Waals surface area contributed by atoms with Crippen molar-refractivity contribution in [1.29, 1.82) is 0 Å². The Balaban J connectivity index is 1.91. The standard InChI is InChI=1S/C16H26N4/c1-10-9-18-14(17-5)20-12(10)19-13-15(2,3)11-6-7-16(13,4)8-11/h9,11,13H,6-8H2,1-5H3,(H2,17,18,19,20). The summed E-state index contributed by atoms with van der Waals surface area (Å²) >= 11 is 0. The molecule has 0 spiro atoms. The Labute approximate surface area is 121 Å². The minimum absolute atomic E-state index is 0.337. The summed E-state index contributed by atoms with van der Waals surface area (Å²) in [4.78, 5) is 8.87. The highest BCUT2D eigenvalue weighted by atomic mass is 15.1. The highest BCUT2D eigenvalue weighted by molar-refractivity contribution is 5.48. The maximum atomic E-state index is 4.60. The molecule has 2 bridgehead atoms. The quantitative estimate of drug-likeness (QED) is 0.886. The predicted octanol–water partition coefficient (Wildman–Crippen LogP) is 3.45. The lowest BCUT2D eigenvalue weighted by atomic mass is 9.68. The van der Waals surface area contributed by atoms with Crippen molar-refractivity contribution >= 4 is 11.8 Å². The van der Waals surface area contributed by atoms with Crippen molar-refractivity contribution in [3.63, 3.8) is 0 Å². The molecule has 2 fully saturated rings. The molecule has 0 aromatic carbocycles. The van der Waals surface area contributed by atoms with E-state index in [-0.39, 0.29) is 0 Å². The van der Waals surface area contributed by atoms with Gasteiger partial charge in [-0.25, -0.2) is 4.98 Å². The summed E-state index contributed by atoms with van der Waals surface area (Å²) in [5.41, 5.74) is 1.86. The van der Waals surface area contributed by atoms with Crippen molar-refractivity contribution in [2.24, 2.45) is 16.7 Å². The monoisotopic (exact) mass is 274 g/mol.